The van der Waals surface area contributed by atoms with Crippen molar-refractivity contribution in [1.29, 1.82) is 0 Å². The third-order valence-corrected chi connectivity index (χ3v) is 4.87. The molecular weight excluding hydrogens is 260 g/mol. The number of hydrogen-bond donors (Lipinski definition) is 0. The van der Waals surface area contributed by atoms with Gasteiger partial charge < -0.3 is 4.74 Å². The van der Waals surface area contributed by atoms with Crippen molar-refractivity contribution in [2.45, 2.75) is 57.0 Å². The number of carbonyl (C=O) groups is 1. The standard InChI is InChI=1S/C16H19ClO2/c17-15-9-14-12(6-7-16(14)19-10-18)8-13(15)11-4-2-1-3-5-11/h8-11,16H,1-7H2. The maximum absolute atomic E-state index is 10.5. The van der Waals surface area contributed by atoms with Crippen molar-refractivity contribution >= 4 is 18.1 Å². The molecule has 1 aromatic carbocycles. The predicted molar refractivity (Wildman–Crippen MR) is 75.5 cm³/mol. The van der Waals surface area contributed by atoms with Crippen LogP contribution < -0.4 is 0 Å². The molecule has 2 nitrogen and oxygen atoms in total. The Labute approximate surface area is 119 Å². The van der Waals surface area contributed by atoms with E-state index in [1.165, 1.54) is 43.2 Å². The number of fused-ring (bicyclic) bond motifs is 1. The molecule has 3 rings (SSSR count). The second-order valence-electron chi connectivity index (χ2n) is 5.67. The first-order valence-electron chi connectivity index (χ1n) is 7.21. The summed E-state index contributed by atoms with van der Waals surface area (Å²) in [6, 6.07) is 4.30. The van der Waals surface area contributed by atoms with Crippen molar-refractivity contribution in [2.24, 2.45) is 0 Å². The van der Waals surface area contributed by atoms with Gasteiger partial charge in [-0.3, -0.25) is 4.79 Å². The van der Waals surface area contributed by atoms with E-state index in [4.69, 9.17) is 16.3 Å². The highest BCUT2D eigenvalue weighted by Crippen LogP contribution is 2.42. The van der Waals surface area contributed by atoms with Gasteiger partial charge in [0.1, 0.15) is 6.10 Å². The Morgan fingerprint density at radius 1 is 1.11 bits per heavy atom. The van der Waals surface area contributed by atoms with Gasteiger partial charge in [0.15, 0.2) is 0 Å². The van der Waals surface area contributed by atoms with Gasteiger partial charge in [0.05, 0.1) is 0 Å². The minimum absolute atomic E-state index is 0.0922. The van der Waals surface area contributed by atoms with Crippen molar-refractivity contribution in [2.75, 3.05) is 0 Å². The molecule has 0 aromatic heterocycles. The van der Waals surface area contributed by atoms with Gasteiger partial charge in [-0.25, -0.2) is 0 Å². The fourth-order valence-corrected chi connectivity index (χ4v) is 3.87. The average molecular weight is 279 g/mol. The fraction of sp³-hybridized carbons (Fsp3) is 0.562. The minimum Gasteiger partial charge on any atom is -0.460 e. The molecule has 0 aliphatic heterocycles. The molecule has 19 heavy (non-hydrogen) atoms. The second kappa shape index (κ2) is 5.54. The van der Waals surface area contributed by atoms with Gasteiger partial charge in [-0.15, -0.1) is 0 Å². The summed E-state index contributed by atoms with van der Waals surface area (Å²) in [6.45, 7) is 0.544. The van der Waals surface area contributed by atoms with Gasteiger partial charge in [-0.1, -0.05) is 36.9 Å². The zero-order chi connectivity index (χ0) is 13.2. The Kier molecular flexibility index (Phi) is 3.79. The van der Waals surface area contributed by atoms with Gasteiger partial charge in [-0.05, 0) is 54.4 Å². The van der Waals surface area contributed by atoms with E-state index in [0.717, 1.165) is 23.4 Å². The summed E-state index contributed by atoms with van der Waals surface area (Å²) < 4.78 is 5.13. The highest BCUT2D eigenvalue weighted by atomic mass is 35.5. The Hall–Kier alpha value is -1.02. The summed E-state index contributed by atoms with van der Waals surface area (Å²) in [6.07, 6.45) is 8.28. The monoisotopic (exact) mass is 278 g/mol. The summed E-state index contributed by atoms with van der Waals surface area (Å²) in [5.41, 5.74) is 3.74. The fourth-order valence-electron chi connectivity index (χ4n) is 3.55. The number of ether oxygens (including phenoxy) is 1. The van der Waals surface area contributed by atoms with Crippen LogP contribution in [0.15, 0.2) is 12.1 Å². The third kappa shape index (κ3) is 2.51. The molecule has 102 valence electrons. The maximum Gasteiger partial charge on any atom is 0.293 e. The number of rotatable bonds is 3. The van der Waals surface area contributed by atoms with Crippen LogP contribution in [0.25, 0.3) is 0 Å². The van der Waals surface area contributed by atoms with Gasteiger partial charge >= 0.3 is 0 Å². The molecule has 1 saturated carbocycles. The van der Waals surface area contributed by atoms with Crippen LogP contribution in [0.2, 0.25) is 5.02 Å². The number of halogens is 1. The maximum atomic E-state index is 10.5. The van der Waals surface area contributed by atoms with E-state index in [1.54, 1.807) is 0 Å². The van der Waals surface area contributed by atoms with E-state index in [9.17, 15) is 4.79 Å². The first-order chi connectivity index (χ1) is 9.29. The van der Waals surface area contributed by atoms with Crippen LogP contribution in [-0.4, -0.2) is 6.47 Å². The van der Waals surface area contributed by atoms with Crippen LogP contribution in [0.5, 0.6) is 0 Å². The first kappa shape index (κ1) is 13.0. The van der Waals surface area contributed by atoms with Crippen LogP contribution in [0.1, 0.15) is 67.2 Å². The van der Waals surface area contributed by atoms with Gasteiger partial charge in [0.25, 0.3) is 6.47 Å². The number of carbonyl (C=O) groups excluding carboxylic acids is 1. The summed E-state index contributed by atoms with van der Waals surface area (Å²) in [5, 5.41) is 0.854. The average Bonchev–Trinajstić information content (AvgIpc) is 2.82. The van der Waals surface area contributed by atoms with Gasteiger partial charge in [0.2, 0.25) is 0 Å². The van der Waals surface area contributed by atoms with Crippen molar-refractivity contribution in [1.82, 2.24) is 0 Å². The second-order valence-corrected chi connectivity index (χ2v) is 6.07. The van der Waals surface area contributed by atoms with Crippen molar-refractivity contribution in [3.8, 4) is 0 Å². The molecule has 2 aliphatic rings. The lowest BCUT2D eigenvalue weighted by Crippen LogP contribution is -2.06. The van der Waals surface area contributed by atoms with Gasteiger partial charge in [0, 0.05) is 5.02 Å². The largest absolute Gasteiger partial charge is 0.460 e. The zero-order valence-electron chi connectivity index (χ0n) is 11.0. The Bertz CT molecular complexity index is 478. The molecule has 0 amide bonds. The Morgan fingerprint density at radius 3 is 2.63 bits per heavy atom. The summed E-state index contributed by atoms with van der Waals surface area (Å²) in [4.78, 5) is 10.5. The molecule has 1 aromatic rings. The topological polar surface area (TPSA) is 26.3 Å². The molecule has 0 saturated heterocycles. The normalized spacial score (nSPS) is 23.1. The molecule has 0 spiro atoms. The van der Waals surface area contributed by atoms with Crippen LogP contribution in [0, 0.1) is 0 Å². The Morgan fingerprint density at radius 2 is 1.89 bits per heavy atom. The van der Waals surface area contributed by atoms with Crippen molar-refractivity contribution in [3.63, 3.8) is 0 Å². The lowest BCUT2D eigenvalue weighted by molar-refractivity contribution is -0.133. The lowest BCUT2D eigenvalue weighted by Gasteiger charge is -2.24. The first-order valence-corrected chi connectivity index (χ1v) is 7.58. The van der Waals surface area contributed by atoms with Crippen LogP contribution in [0.3, 0.4) is 0 Å². The quantitative estimate of drug-likeness (QED) is 0.758. The van der Waals surface area contributed by atoms with E-state index >= 15 is 0 Å². The zero-order valence-corrected chi connectivity index (χ0v) is 11.8. The Balaban J connectivity index is 1.90. The molecule has 0 radical (unpaired) electrons. The highest BCUT2D eigenvalue weighted by Gasteiger charge is 2.27. The minimum atomic E-state index is -0.0922. The van der Waals surface area contributed by atoms with E-state index in [2.05, 4.69) is 6.07 Å². The molecule has 1 atom stereocenters. The van der Waals surface area contributed by atoms with E-state index in [-0.39, 0.29) is 6.10 Å². The number of benzene rings is 1. The predicted octanol–water partition coefficient (Wildman–Crippen LogP) is 4.55. The van der Waals surface area contributed by atoms with Gasteiger partial charge in [-0.2, -0.15) is 0 Å². The van der Waals surface area contributed by atoms with Crippen LogP contribution in [0.4, 0.5) is 0 Å². The molecule has 0 N–H and O–H groups in total. The highest BCUT2D eigenvalue weighted by molar-refractivity contribution is 6.31. The summed E-state index contributed by atoms with van der Waals surface area (Å²) in [5.74, 6) is 0.623. The van der Waals surface area contributed by atoms with E-state index in [0.29, 0.717) is 12.4 Å². The third-order valence-electron chi connectivity index (χ3n) is 4.55. The number of aryl methyl sites for hydroxylation is 1. The molecule has 3 heteroatoms. The SMILES string of the molecule is O=COC1CCc2cc(C3CCCCC3)c(Cl)cc21. The smallest absolute Gasteiger partial charge is 0.293 e. The van der Waals surface area contributed by atoms with Crippen molar-refractivity contribution in [3.05, 3.63) is 33.8 Å². The van der Waals surface area contributed by atoms with Crippen LogP contribution >= 0.6 is 11.6 Å². The lowest BCUT2D eigenvalue weighted by atomic mass is 9.83. The molecule has 1 unspecified atom stereocenters. The summed E-state index contributed by atoms with van der Waals surface area (Å²) in [7, 11) is 0. The molecule has 0 heterocycles. The van der Waals surface area contributed by atoms with E-state index in [1.807, 2.05) is 6.07 Å². The van der Waals surface area contributed by atoms with E-state index < -0.39 is 0 Å². The molecule has 2 aliphatic carbocycles. The number of hydrogen-bond acceptors (Lipinski definition) is 2. The molecular formula is C16H19ClO2. The molecule has 1 fully saturated rings. The van der Waals surface area contributed by atoms with Crippen LogP contribution in [-0.2, 0) is 16.0 Å². The molecule has 0 bridgehead atoms. The van der Waals surface area contributed by atoms with Crippen molar-refractivity contribution < 1.29 is 9.53 Å². The summed E-state index contributed by atoms with van der Waals surface area (Å²) >= 11 is 6.46.